The van der Waals surface area contributed by atoms with Gasteiger partial charge in [0.15, 0.2) is 0 Å². The van der Waals surface area contributed by atoms with Crippen molar-refractivity contribution in [1.82, 2.24) is 4.90 Å². The molecular weight excluding hydrogens is 434 g/mol. The lowest BCUT2D eigenvalue weighted by Gasteiger charge is -2.16. The topological polar surface area (TPSA) is 97.0 Å². The summed E-state index contributed by atoms with van der Waals surface area (Å²) in [4.78, 5) is 39.1. The van der Waals surface area contributed by atoms with Gasteiger partial charge in [0.2, 0.25) is 5.91 Å². The van der Waals surface area contributed by atoms with Crippen LogP contribution in [0.15, 0.2) is 54.2 Å². The molecule has 1 aliphatic heterocycles. The summed E-state index contributed by atoms with van der Waals surface area (Å²) < 4.78 is 11.1. The van der Waals surface area contributed by atoms with Crippen LogP contribution in [0.5, 0.6) is 5.75 Å². The fraction of sp³-hybridized carbons (Fsp3) is 0.346. The molecule has 2 aromatic rings. The predicted molar refractivity (Wildman–Crippen MR) is 131 cm³/mol. The minimum Gasteiger partial charge on any atom is -0.494 e. The highest BCUT2D eigenvalue weighted by Crippen LogP contribution is 2.32. The molecule has 0 saturated heterocycles. The number of imide groups is 1. The van der Waals surface area contributed by atoms with Gasteiger partial charge in [-0.1, -0.05) is 12.1 Å². The van der Waals surface area contributed by atoms with E-state index in [2.05, 4.69) is 10.6 Å². The van der Waals surface area contributed by atoms with Crippen molar-refractivity contribution in [3.05, 3.63) is 59.8 Å². The molecule has 0 fully saturated rings. The summed E-state index contributed by atoms with van der Waals surface area (Å²) in [7, 11) is 0. The maximum Gasteiger partial charge on any atom is 0.278 e. The van der Waals surface area contributed by atoms with E-state index >= 15 is 0 Å². The summed E-state index contributed by atoms with van der Waals surface area (Å²) in [5.41, 5.74) is 2.41. The molecule has 0 bridgehead atoms. The molecule has 8 heteroatoms. The number of hydrogen-bond donors (Lipinski definition) is 2. The lowest BCUT2D eigenvalue weighted by atomic mass is 10.0. The summed E-state index contributed by atoms with van der Waals surface area (Å²) in [6.45, 7) is 8.47. The van der Waals surface area contributed by atoms with E-state index in [1.807, 2.05) is 20.8 Å². The smallest absolute Gasteiger partial charge is 0.278 e. The first-order valence-electron chi connectivity index (χ1n) is 11.4. The van der Waals surface area contributed by atoms with Crippen LogP contribution in [-0.2, 0) is 19.1 Å². The molecule has 0 spiro atoms. The van der Waals surface area contributed by atoms with E-state index in [1.54, 1.807) is 48.5 Å². The number of nitrogens with one attached hydrogen (secondary N) is 2. The summed E-state index contributed by atoms with van der Waals surface area (Å²) in [6, 6.07) is 14.0. The molecule has 2 N–H and O–H groups in total. The molecule has 0 aromatic heterocycles. The molecule has 3 rings (SSSR count). The number of carbonyl (C=O) groups is 3. The second-order valence-corrected chi connectivity index (χ2v) is 8.13. The van der Waals surface area contributed by atoms with Crippen LogP contribution >= 0.6 is 0 Å². The summed E-state index contributed by atoms with van der Waals surface area (Å²) in [6.07, 6.45) is 0.630. The Bertz CT molecular complexity index is 1060. The van der Waals surface area contributed by atoms with Crippen LogP contribution in [-0.4, -0.2) is 48.5 Å². The highest BCUT2D eigenvalue weighted by atomic mass is 16.5. The number of ether oxygens (including phenoxy) is 2. The van der Waals surface area contributed by atoms with Gasteiger partial charge in [0.25, 0.3) is 11.8 Å². The van der Waals surface area contributed by atoms with E-state index < -0.39 is 0 Å². The molecule has 0 unspecified atom stereocenters. The Morgan fingerprint density at radius 2 is 1.62 bits per heavy atom. The summed E-state index contributed by atoms with van der Waals surface area (Å²) >= 11 is 0. The van der Waals surface area contributed by atoms with E-state index in [9.17, 15) is 14.4 Å². The molecule has 2 aromatic carbocycles. The molecule has 34 heavy (non-hydrogen) atoms. The van der Waals surface area contributed by atoms with Gasteiger partial charge in [-0.15, -0.1) is 0 Å². The van der Waals surface area contributed by atoms with Crippen LogP contribution in [0.1, 0.15) is 39.7 Å². The molecule has 1 aliphatic rings. The highest BCUT2D eigenvalue weighted by Gasteiger charge is 2.38. The number of carbonyl (C=O) groups excluding carboxylic acids is 3. The molecule has 0 atom stereocenters. The Balaban J connectivity index is 1.88. The molecule has 0 aliphatic carbocycles. The molecule has 0 saturated carbocycles. The molecule has 1 heterocycles. The van der Waals surface area contributed by atoms with Crippen molar-refractivity contribution in [2.75, 3.05) is 30.4 Å². The Kier molecular flexibility index (Phi) is 8.43. The first-order chi connectivity index (χ1) is 16.3. The third kappa shape index (κ3) is 6.23. The van der Waals surface area contributed by atoms with Gasteiger partial charge < -0.3 is 20.1 Å². The Morgan fingerprint density at radius 3 is 2.21 bits per heavy atom. The van der Waals surface area contributed by atoms with Crippen molar-refractivity contribution in [3.63, 3.8) is 0 Å². The predicted octanol–water partition coefficient (Wildman–Crippen LogP) is 4.05. The van der Waals surface area contributed by atoms with Crippen molar-refractivity contribution in [1.29, 1.82) is 0 Å². The number of anilines is 2. The quantitative estimate of drug-likeness (QED) is 0.384. The molecule has 0 radical (unpaired) electrons. The van der Waals surface area contributed by atoms with Crippen LogP contribution in [0, 0.1) is 0 Å². The summed E-state index contributed by atoms with van der Waals surface area (Å²) in [5.74, 6) is -0.218. The Labute approximate surface area is 199 Å². The number of amides is 3. The van der Waals surface area contributed by atoms with Crippen LogP contribution in [0.3, 0.4) is 0 Å². The van der Waals surface area contributed by atoms with Gasteiger partial charge in [0, 0.05) is 31.5 Å². The van der Waals surface area contributed by atoms with Gasteiger partial charge in [-0.2, -0.15) is 0 Å². The molecule has 180 valence electrons. The van der Waals surface area contributed by atoms with Crippen LogP contribution < -0.4 is 15.4 Å². The van der Waals surface area contributed by atoms with Gasteiger partial charge in [0.1, 0.15) is 11.4 Å². The monoisotopic (exact) mass is 465 g/mol. The van der Waals surface area contributed by atoms with Gasteiger partial charge >= 0.3 is 0 Å². The largest absolute Gasteiger partial charge is 0.494 e. The zero-order chi connectivity index (χ0) is 24.7. The van der Waals surface area contributed by atoms with Crippen LogP contribution in [0.2, 0.25) is 0 Å². The van der Waals surface area contributed by atoms with E-state index in [1.165, 1.54) is 11.8 Å². The normalized spacial score (nSPS) is 13.6. The molecule has 3 amide bonds. The van der Waals surface area contributed by atoms with Crippen LogP contribution in [0.25, 0.3) is 5.57 Å². The average molecular weight is 466 g/mol. The van der Waals surface area contributed by atoms with Gasteiger partial charge in [0.05, 0.1) is 18.3 Å². The van der Waals surface area contributed by atoms with Crippen LogP contribution in [0.4, 0.5) is 11.4 Å². The van der Waals surface area contributed by atoms with Gasteiger partial charge in [-0.25, -0.2) is 0 Å². The first kappa shape index (κ1) is 25.0. The third-order valence-electron chi connectivity index (χ3n) is 5.07. The lowest BCUT2D eigenvalue weighted by molar-refractivity contribution is -0.137. The van der Waals surface area contributed by atoms with Crippen molar-refractivity contribution >= 4 is 34.7 Å². The number of nitrogens with zero attached hydrogens (tertiary/aromatic N) is 1. The number of rotatable bonds is 11. The Hall–Kier alpha value is -3.65. The van der Waals surface area contributed by atoms with Crippen molar-refractivity contribution in [2.45, 2.75) is 40.2 Å². The van der Waals surface area contributed by atoms with E-state index in [-0.39, 0.29) is 36.1 Å². The fourth-order valence-corrected chi connectivity index (χ4v) is 3.57. The summed E-state index contributed by atoms with van der Waals surface area (Å²) in [5, 5.41) is 5.82. The standard InChI is InChI=1S/C26H31N3O5/c1-5-33-22-13-7-19(8-14-22)23-24(28-21-11-9-20(10-12-21)27-18(4)30)26(32)29(25(23)31)15-6-16-34-17(2)3/h7-14,17,28H,5-6,15-16H2,1-4H3,(H,27,30). The minimum atomic E-state index is -0.385. The van der Waals surface area contributed by atoms with Gasteiger partial charge in [-0.05, 0) is 69.2 Å². The lowest BCUT2D eigenvalue weighted by Crippen LogP contribution is -2.34. The van der Waals surface area contributed by atoms with Crippen molar-refractivity contribution in [2.24, 2.45) is 0 Å². The highest BCUT2D eigenvalue weighted by molar-refractivity contribution is 6.36. The molecule has 8 nitrogen and oxygen atoms in total. The number of hydrogen-bond acceptors (Lipinski definition) is 6. The fourth-order valence-electron chi connectivity index (χ4n) is 3.57. The second kappa shape index (κ2) is 11.5. The third-order valence-corrected chi connectivity index (χ3v) is 5.07. The van der Waals surface area contributed by atoms with E-state index in [4.69, 9.17) is 9.47 Å². The average Bonchev–Trinajstić information content (AvgIpc) is 3.02. The SMILES string of the molecule is CCOc1ccc(C2=C(Nc3ccc(NC(C)=O)cc3)C(=O)N(CCCOC(C)C)C2=O)cc1. The maximum absolute atomic E-state index is 13.3. The van der Waals surface area contributed by atoms with E-state index in [0.717, 1.165) is 0 Å². The molecular formula is C26H31N3O5. The van der Waals surface area contributed by atoms with E-state index in [0.29, 0.717) is 47.9 Å². The number of benzene rings is 2. The zero-order valence-electron chi connectivity index (χ0n) is 20.0. The second-order valence-electron chi connectivity index (χ2n) is 8.13. The van der Waals surface area contributed by atoms with Crippen molar-refractivity contribution in [3.8, 4) is 5.75 Å². The Morgan fingerprint density at radius 1 is 0.971 bits per heavy atom. The minimum absolute atomic E-state index is 0.0835. The maximum atomic E-state index is 13.3. The zero-order valence-corrected chi connectivity index (χ0v) is 20.0. The van der Waals surface area contributed by atoms with Crippen molar-refractivity contribution < 1.29 is 23.9 Å². The van der Waals surface area contributed by atoms with Gasteiger partial charge in [-0.3, -0.25) is 19.3 Å². The first-order valence-corrected chi connectivity index (χ1v) is 11.4.